The van der Waals surface area contributed by atoms with Gasteiger partial charge in [-0.3, -0.25) is 9.78 Å². The molecule has 2 aromatic heterocycles. The van der Waals surface area contributed by atoms with Gasteiger partial charge in [-0.05, 0) is 31.7 Å². The van der Waals surface area contributed by atoms with Crippen LogP contribution < -0.4 is 5.32 Å². The second kappa shape index (κ2) is 7.35. The third-order valence-electron chi connectivity index (χ3n) is 4.04. The molecule has 1 fully saturated rings. The number of carbonyl (C=O) groups excluding carboxylic acids is 1. The summed E-state index contributed by atoms with van der Waals surface area (Å²) in [5.41, 5.74) is 2.26. The normalized spacial score (nSPS) is 15.3. The van der Waals surface area contributed by atoms with E-state index < -0.39 is 0 Å². The minimum absolute atomic E-state index is 0.0296. The molecule has 0 aromatic carbocycles. The lowest BCUT2D eigenvalue weighted by molar-refractivity contribution is 0.0658. The van der Waals surface area contributed by atoms with E-state index in [1.807, 2.05) is 24.0 Å². The number of rotatable bonds is 4. The molecule has 0 spiro atoms. The molecule has 7 heteroatoms. The van der Waals surface area contributed by atoms with E-state index in [-0.39, 0.29) is 5.91 Å². The van der Waals surface area contributed by atoms with Crippen LogP contribution in [0.3, 0.4) is 0 Å². The Morgan fingerprint density at radius 1 is 1.25 bits per heavy atom. The number of nitrogens with one attached hydrogen (secondary N) is 1. The van der Waals surface area contributed by atoms with E-state index in [1.165, 1.54) is 0 Å². The van der Waals surface area contributed by atoms with E-state index in [2.05, 4.69) is 32.2 Å². The number of pyridine rings is 1. The zero-order valence-electron chi connectivity index (χ0n) is 14.1. The fourth-order valence-corrected chi connectivity index (χ4v) is 2.61. The maximum Gasteiger partial charge on any atom is 0.272 e. The van der Waals surface area contributed by atoms with Gasteiger partial charge in [0.2, 0.25) is 5.95 Å². The lowest BCUT2D eigenvalue weighted by Crippen LogP contribution is -2.47. The van der Waals surface area contributed by atoms with E-state index in [0.717, 1.165) is 37.4 Å². The summed E-state index contributed by atoms with van der Waals surface area (Å²) in [5.74, 6) is 0.439. The van der Waals surface area contributed by atoms with E-state index in [0.29, 0.717) is 18.2 Å². The van der Waals surface area contributed by atoms with Crippen molar-refractivity contribution in [3.63, 3.8) is 0 Å². The topological polar surface area (TPSA) is 74.2 Å². The fraction of sp³-hybridized carbons (Fsp3) is 0.412. The number of piperazine rings is 1. The molecular weight excluding hydrogens is 304 g/mol. The highest BCUT2D eigenvalue weighted by Crippen LogP contribution is 2.11. The van der Waals surface area contributed by atoms with Gasteiger partial charge >= 0.3 is 0 Å². The largest absolute Gasteiger partial charge is 0.350 e. The van der Waals surface area contributed by atoms with E-state index in [9.17, 15) is 4.79 Å². The minimum atomic E-state index is -0.0296. The van der Waals surface area contributed by atoms with Crippen molar-refractivity contribution in [2.24, 2.45) is 0 Å². The molecule has 0 radical (unpaired) electrons. The number of aryl methyl sites for hydroxylation is 1. The molecule has 3 rings (SSSR count). The summed E-state index contributed by atoms with van der Waals surface area (Å²) < 4.78 is 0. The number of aromatic nitrogens is 3. The van der Waals surface area contributed by atoms with Gasteiger partial charge in [-0.2, -0.15) is 0 Å². The van der Waals surface area contributed by atoms with Crippen molar-refractivity contribution >= 4 is 11.9 Å². The average Bonchev–Trinajstić information content (AvgIpc) is 2.60. The molecule has 1 amide bonds. The monoisotopic (exact) mass is 326 g/mol. The van der Waals surface area contributed by atoms with Crippen LogP contribution in [0.1, 0.15) is 21.7 Å². The second-order valence-corrected chi connectivity index (χ2v) is 6.03. The van der Waals surface area contributed by atoms with E-state index >= 15 is 0 Å². The van der Waals surface area contributed by atoms with Crippen LogP contribution in [0.15, 0.2) is 30.6 Å². The Kier molecular flexibility index (Phi) is 5.00. The Morgan fingerprint density at radius 2 is 2.04 bits per heavy atom. The van der Waals surface area contributed by atoms with Crippen molar-refractivity contribution in [3.8, 4) is 0 Å². The van der Waals surface area contributed by atoms with Gasteiger partial charge in [-0.25, -0.2) is 9.97 Å². The van der Waals surface area contributed by atoms with Crippen LogP contribution in [0, 0.1) is 6.92 Å². The Balaban J connectivity index is 1.70. The fourth-order valence-electron chi connectivity index (χ4n) is 2.61. The molecule has 0 saturated carbocycles. The van der Waals surface area contributed by atoms with Crippen molar-refractivity contribution in [1.29, 1.82) is 0 Å². The van der Waals surface area contributed by atoms with Gasteiger partial charge in [-0.15, -0.1) is 0 Å². The van der Waals surface area contributed by atoms with Gasteiger partial charge in [0.15, 0.2) is 0 Å². The Labute approximate surface area is 141 Å². The smallest absolute Gasteiger partial charge is 0.272 e. The first-order valence-electron chi connectivity index (χ1n) is 8.08. The molecule has 0 atom stereocenters. The first-order valence-corrected chi connectivity index (χ1v) is 8.08. The predicted octanol–water partition coefficient (Wildman–Crippen LogP) is 1.18. The molecule has 0 unspecified atom stereocenters. The third-order valence-corrected chi connectivity index (χ3v) is 4.04. The summed E-state index contributed by atoms with van der Waals surface area (Å²) in [7, 11) is 2.07. The highest BCUT2D eigenvalue weighted by Gasteiger charge is 2.22. The zero-order chi connectivity index (χ0) is 16.9. The molecular formula is C17H22N6O. The van der Waals surface area contributed by atoms with Gasteiger partial charge in [0.05, 0.1) is 0 Å². The molecule has 1 aliphatic rings. The van der Waals surface area contributed by atoms with Crippen molar-refractivity contribution < 1.29 is 4.79 Å². The van der Waals surface area contributed by atoms with E-state index in [4.69, 9.17) is 0 Å². The van der Waals surface area contributed by atoms with Gasteiger partial charge in [0.25, 0.3) is 5.91 Å². The lowest BCUT2D eigenvalue weighted by atomic mass is 10.2. The van der Waals surface area contributed by atoms with Gasteiger partial charge in [0, 0.05) is 50.8 Å². The first kappa shape index (κ1) is 16.3. The van der Waals surface area contributed by atoms with Crippen LogP contribution in [0.2, 0.25) is 0 Å². The van der Waals surface area contributed by atoms with Crippen LogP contribution in [-0.2, 0) is 6.54 Å². The van der Waals surface area contributed by atoms with Crippen molar-refractivity contribution in [3.05, 3.63) is 47.5 Å². The minimum Gasteiger partial charge on any atom is -0.350 e. The van der Waals surface area contributed by atoms with Crippen LogP contribution in [-0.4, -0.2) is 63.9 Å². The van der Waals surface area contributed by atoms with Gasteiger partial charge in [0.1, 0.15) is 5.69 Å². The Bertz CT molecular complexity index is 697. The average molecular weight is 326 g/mol. The van der Waals surface area contributed by atoms with Crippen molar-refractivity contribution in [2.45, 2.75) is 13.5 Å². The summed E-state index contributed by atoms with van der Waals surface area (Å²) in [6, 6.07) is 5.61. The third kappa shape index (κ3) is 4.05. The maximum atomic E-state index is 12.7. The molecule has 1 N–H and O–H groups in total. The Hall–Kier alpha value is -2.54. The number of carbonyl (C=O) groups is 1. The van der Waals surface area contributed by atoms with Crippen LogP contribution in [0.25, 0.3) is 0 Å². The number of likely N-dealkylation sites (N-methyl/N-ethyl adjacent to an activating group) is 1. The summed E-state index contributed by atoms with van der Waals surface area (Å²) >= 11 is 0. The zero-order valence-corrected chi connectivity index (χ0v) is 14.1. The summed E-state index contributed by atoms with van der Waals surface area (Å²) in [4.78, 5) is 29.6. The summed E-state index contributed by atoms with van der Waals surface area (Å²) in [5, 5.41) is 3.17. The molecule has 0 aliphatic carbocycles. The molecule has 24 heavy (non-hydrogen) atoms. The first-order chi connectivity index (χ1) is 11.6. The van der Waals surface area contributed by atoms with Crippen LogP contribution in [0.5, 0.6) is 0 Å². The van der Waals surface area contributed by atoms with Crippen molar-refractivity contribution in [2.75, 3.05) is 38.5 Å². The number of hydrogen-bond acceptors (Lipinski definition) is 6. The molecule has 1 aliphatic heterocycles. The molecule has 126 valence electrons. The maximum absolute atomic E-state index is 12.7. The SMILES string of the molecule is Cc1cc(C(=O)N2CCN(C)CC2)nc(NCc2cccnc2)n1. The second-order valence-electron chi connectivity index (χ2n) is 6.03. The number of nitrogens with zero attached hydrogens (tertiary/aromatic N) is 5. The summed E-state index contributed by atoms with van der Waals surface area (Å²) in [6.07, 6.45) is 3.53. The number of anilines is 1. The highest BCUT2D eigenvalue weighted by atomic mass is 16.2. The highest BCUT2D eigenvalue weighted by molar-refractivity contribution is 5.92. The van der Waals surface area contributed by atoms with Crippen LogP contribution in [0.4, 0.5) is 5.95 Å². The number of hydrogen-bond donors (Lipinski definition) is 1. The molecule has 3 heterocycles. The molecule has 7 nitrogen and oxygen atoms in total. The quantitative estimate of drug-likeness (QED) is 0.909. The summed E-state index contributed by atoms with van der Waals surface area (Å²) in [6.45, 7) is 5.69. The lowest BCUT2D eigenvalue weighted by Gasteiger charge is -2.32. The van der Waals surface area contributed by atoms with Gasteiger partial charge in [-0.1, -0.05) is 6.07 Å². The molecule has 2 aromatic rings. The standard InChI is InChI=1S/C17H22N6O/c1-13-10-15(16(24)23-8-6-22(2)7-9-23)21-17(20-13)19-12-14-4-3-5-18-11-14/h3-5,10-11H,6-9,12H2,1-2H3,(H,19,20,21). The van der Waals surface area contributed by atoms with Gasteiger partial charge < -0.3 is 15.1 Å². The van der Waals surface area contributed by atoms with Crippen LogP contribution >= 0.6 is 0 Å². The predicted molar refractivity (Wildman–Crippen MR) is 91.7 cm³/mol. The Morgan fingerprint density at radius 3 is 2.75 bits per heavy atom. The number of amides is 1. The van der Waals surface area contributed by atoms with E-state index in [1.54, 1.807) is 18.5 Å². The van der Waals surface area contributed by atoms with Crippen molar-refractivity contribution in [1.82, 2.24) is 24.8 Å². The molecule has 1 saturated heterocycles. The molecule has 0 bridgehead atoms.